The van der Waals surface area contributed by atoms with Crippen molar-refractivity contribution in [1.82, 2.24) is 9.55 Å². The number of ether oxygens (including phenoxy) is 2. The molecule has 2 unspecified atom stereocenters. The van der Waals surface area contributed by atoms with Crippen molar-refractivity contribution >= 4 is 13.6 Å². The first-order valence-corrected chi connectivity index (χ1v) is 13.9. The van der Waals surface area contributed by atoms with E-state index in [9.17, 15) is 18.9 Å². The van der Waals surface area contributed by atoms with Crippen LogP contribution < -0.4 is 11.2 Å². The number of carbonyl (C=O) groups is 1. The summed E-state index contributed by atoms with van der Waals surface area (Å²) < 4.78 is 37.6. The first kappa shape index (κ1) is 25.9. The summed E-state index contributed by atoms with van der Waals surface area (Å²) in [6.07, 6.45) is 11.4. The summed E-state index contributed by atoms with van der Waals surface area (Å²) in [5.74, 6) is 1.68. The molecule has 1 aromatic heterocycles. The van der Waals surface area contributed by atoms with Gasteiger partial charge in [0.1, 0.15) is 6.10 Å². The fraction of sp³-hybridized carbons (Fsp3) is 0.708. The van der Waals surface area contributed by atoms with E-state index in [2.05, 4.69) is 10.9 Å². The lowest BCUT2D eigenvalue weighted by atomic mass is 9.77. The maximum Gasteiger partial charge on any atom is 0.331 e. The lowest BCUT2D eigenvalue weighted by Crippen LogP contribution is -2.40. The third-order valence-electron chi connectivity index (χ3n) is 7.38. The maximum absolute atomic E-state index is 13.4. The van der Waals surface area contributed by atoms with Crippen LogP contribution in [0.3, 0.4) is 0 Å². The van der Waals surface area contributed by atoms with E-state index in [0.717, 1.165) is 25.7 Å². The van der Waals surface area contributed by atoms with Crippen molar-refractivity contribution in [2.75, 3.05) is 19.4 Å². The highest BCUT2D eigenvalue weighted by molar-refractivity contribution is 7.53. The average molecular weight is 509 g/mol. The molecule has 3 fully saturated rings. The predicted octanol–water partition coefficient (Wildman–Crippen LogP) is 2.83. The minimum Gasteiger partial charge on any atom is -0.462 e. The van der Waals surface area contributed by atoms with Crippen LogP contribution in [0.4, 0.5) is 0 Å². The molecule has 10 nitrogen and oxygen atoms in total. The number of nitrogens with one attached hydrogen (secondary N) is 1. The quantitative estimate of drug-likeness (QED) is 0.339. The Hall–Kier alpha value is -2.18. The van der Waals surface area contributed by atoms with Gasteiger partial charge in [-0.3, -0.25) is 23.7 Å². The topological polar surface area (TPSA) is 126 Å². The minimum absolute atomic E-state index is 0.00685. The van der Waals surface area contributed by atoms with Crippen molar-refractivity contribution in [3.63, 3.8) is 0 Å². The molecular weight excluding hydrogens is 475 g/mol. The summed E-state index contributed by atoms with van der Waals surface area (Å²) in [6.45, 7) is 3.60. The van der Waals surface area contributed by atoms with E-state index in [1.807, 2.05) is 0 Å². The van der Waals surface area contributed by atoms with Gasteiger partial charge in [-0.2, -0.15) is 0 Å². The predicted molar refractivity (Wildman–Crippen MR) is 127 cm³/mol. The van der Waals surface area contributed by atoms with Crippen LogP contribution in [0.2, 0.25) is 0 Å². The average Bonchev–Trinajstić information content (AvgIpc) is 3.11. The van der Waals surface area contributed by atoms with Gasteiger partial charge in [-0.25, -0.2) is 4.79 Å². The summed E-state index contributed by atoms with van der Waals surface area (Å²) in [6, 6.07) is 1.22. The first-order valence-electron chi connectivity index (χ1n) is 12.2. The molecule has 4 rings (SSSR count). The van der Waals surface area contributed by atoms with Gasteiger partial charge in [0.15, 0.2) is 6.23 Å². The monoisotopic (exact) mass is 508 g/mol. The Morgan fingerprint density at radius 3 is 2.80 bits per heavy atom. The van der Waals surface area contributed by atoms with Gasteiger partial charge in [0.25, 0.3) is 5.56 Å². The van der Waals surface area contributed by atoms with Crippen molar-refractivity contribution in [2.45, 2.75) is 70.8 Å². The van der Waals surface area contributed by atoms with Crippen molar-refractivity contribution in [1.29, 1.82) is 0 Å². The number of fused-ring (bicyclic) bond motifs is 1. The van der Waals surface area contributed by atoms with Crippen LogP contribution in [0.25, 0.3) is 0 Å². The lowest BCUT2D eigenvalue weighted by molar-refractivity contribution is -0.155. The largest absolute Gasteiger partial charge is 0.462 e. The molecule has 1 aliphatic carbocycles. The number of terminal acetylenes is 1. The zero-order valence-electron chi connectivity index (χ0n) is 20.1. The highest BCUT2D eigenvalue weighted by Crippen LogP contribution is 2.61. The Morgan fingerprint density at radius 2 is 2.11 bits per heavy atom. The molecule has 192 valence electrons. The van der Waals surface area contributed by atoms with E-state index in [4.69, 9.17) is 24.9 Å². The first-order chi connectivity index (χ1) is 16.6. The summed E-state index contributed by atoms with van der Waals surface area (Å²) in [7, 11) is -3.51. The molecule has 3 heterocycles. The van der Waals surface area contributed by atoms with E-state index in [1.165, 1.54) is 23.3 Å². The molecule has 0 bridgehead atoms. The van der Waals surface area contributed by atoms with Gasteiger partial charge >= 0.3 is 19.3 Å². The van der Waals surface area contributed by atoms with Crippen molar-refractivity contribution in [3.05, 3.63) is 33.1 Å². The van der Waals surface area contributed by atoms with E-state index >= 15 is 0 Å². The van der Waals surface area contributed by atoms with Gasteiger partial charge in [-0.15, -0.1) is 6.42 Å². The Morgan fingerprint density at radius 1 is 1.37 bits per heavy atom. The lowest BCUT2D eigenvalue weighted by Gasteiger charge is -2.35. The van der Waals surface area contributed by atoms with E-state index in [-0.39, 0.29) is 37.4 Å². The molecule has 0 spiro atoms. The Labute approximate surface area is 204 Å². The molecule has 2 saturated heterocycles. The second kappa shape index (κ2) is 10.4. The van der Waals surface area contributed by atoms with Crippen LogP contribution in [0.15, 0.2) is 21.9 Å². The Balaban J connectivity index is 1.37. The number of carbonyl (C=O) groups excluding carboxylic acids is 1. The highest BCUT2D eigenvalue weighted by atomic mass is 31.2. The number of rotatable bonds is 7. The number of aromatic amines is 1. The zero-order chi connectivity index (χ0) is 25.2. The molecule has 0 radical (unpaired) electrons. The van der Waals surface area contributed by atoms with Gasteiger partial charge in [0.2, 0.25) is 0 Å². The number of aromatic nitrogens is 2. The molecule has 1 N–H and O–H groups in total. The molecule has 6 atom stereocenters. The van der Waals surface area contributed by atoms with Crippen molar-refractivity contribution in [3.8, 4) is 12.3 Å². The Kier molecular flexibility index (Phi) is 7.72. The fourth-order valence-electron chi connectivity index (χ4n) is 5.10. The number of hydrogen-bond donors (Lipinski definition) is 1. The van der Waals surface area contributed by atoms with Crippen LogP contribution in [0.1, 0.15) is 58.6 Å². The zero-order valence-corrected chi connectivity index (χ0v) is 21.0. The number of hydrogen-bond acceptors (Lipinski definition) is 8. The van der Waals surface area contributed by atoms with Crippen LogP contribution in [-0.2, 0) is 27.9 Å². The van der Waals surface area contributed by atoms with Gasteiger partial charge in [-0.1, -0.05) is 19.3 Å². The Bertz CT molecular complexity index is 1130. The molecule has 11 heteroatoms. The molecule has 0 aromatic carbocycles. The summed E-state index contributed by atoms with van der Waals surface area (Å²) in [5, 5.41) is 0. The van der Waals surface area contributed by atoms with Crippen LogP contribution in [0, 0.1) is 29.6 Å². The second-order valence-corrected chi connectivity index (χ2v) is 12.0. The van der Waals surface area contributed by atoms with Crippen molar-refractivity contribution in [2.24, 2.45) is 17.3 Å². The van der Waals surface area contributed by atoms with Gasteiger partial charge in [0, 0.05) is 18.2 Å². The second-order valence-electron chi connectivity index (χ2n) is 9.89. The number of nitrogens with zero attached hydrogens (tertiary/aromatic N) is 1. The normalized spacial score (nSPS) is 34.0. The number of H-pyrrole nitrogens is 1. The van der Waals surface area contributed by atoms with Gasteiger partial charge in [-0.05, 0) is 39.0 Å². The number of esters is 1. The minimum atomic E-state index is -3.51. The van der Waals surface area contributed by atoms with E-state index < -0.39 is 42.5 Å². The molecule has 1 aromatic rings. The molecule has 0 amide bonds. The molecule has 1 saturated carbocycles. The highest BCUT2D eigenvalue weighted by Gasteiger charge is 2.58. The summed E-state index contributed by atoms with van der Waals surface area (Å²) >= 11 is 0. The third-order valence-corrected chi connectivity index (χ3v) is 9.34. The van der Waals surface area contributed by atoms with Crippen LogP contribution in [-0.4, -0.2) is 47.1 Å². The molecule has 3 aliphatic rings. The molecular formula is C24H33N2O8P. The van der Waals surface area contributed by atoms with Crippen LogP contribution in [0.5, 0.6) is 0 Å². The van der Waals surface area contributed by atoms with E-state index in [1.54, 1.807) is 13.8 Å². The van der Waals surface area contributed by atoms with Crippen LogP contribution >= 0.6 is 7.60 Å². The smallest absolute Gasteiger partial charge is 0.331 e. The summed E-state index contributed by atoms with van der Waals surface area (Å²) in [4.78, 5) is 38.4. The molecule has 35 heavy (non-hydrogen) atoms. The van der Waals surface area contributed by atoms with Gasteiger partial charge in [0.05, 0.1) is 36.8 Å². The SMILES string of the molecule is C#C[C@]1(C)[C@@H]2CP(=O)(OCCC(C)C(=O)OC3CCCCC3)OC[C@H]2O[C@H]1n1ccc(=O)[nH]c1=O. The van der Waals surface area contributed by atoms with E-state index in [0.29, 0.717) is 6.42 Å². The fourth-order valence-corrected chi connectivity index (χ4v) is 7.24. The van der Waals surface area contributed by atoms with Crippen molar-refractivity contribution < 1.29 is 27.9 Å². The van der Waals surface area contributed by atoms with Gasteiger partial charge < -0.3 is 18.5 Å². The summed E-state index contributed by atoms with van der Waals surface area (Å²) in [5.41, 5.74) is -2.16. The molecule has 2 aliphatic heterocycles. The maximum atomic E-state index is 13.4. The standard InChI is InChI=1S/C24H33N2O8P/c1-4-24(3)18-15-35(30,31-13-11-16(2)21(28)33-17-8-6-5-7-9-17)32-14-19(18)34-22(24)26-12-10-20(27)25-23(26)29/h1,10,12,16-19,22H,5-9,11,13-15H2,2-3H3,(H,25,27,29)/t16?,18-,19-,22-,24-,35?/m1/s1. The third kappa shape index (κ3) is 5.49.